The molecule has 1 unspecified atom stereocenters. The molecule has 1 N–H and O–H groups in total. The number of aliphatic imine (C=N–C) groups is 1. The van der Waals surface area contributed by atoms with Crippen molar-refractivity contribution in [3.05, 3.63) is 47.0 Å². The van der Waals surface area contributed by atoms with Crippen LogP contribution in [0.4, 0.5) is 0 Å². The van der Waals surface area contributed by atoms with Crippen molar-refractivity contribution >= 4 is 17.6 Å². The molecule has 0 saturated carbocycles. The molecule has 2 fully saturated rings. The molecule has 4 rings (SSSR count). The molecule has 3 heterocycles. The number of nitrogens with one attached hydrogen (secondary N) is 1. The third kappa shape index (κ3) is 5.33. The minimum atomic E-state index is 0.664. The molecule has 1 aromatic carbocycles. The lowest BCUT2D eigenvalue weighted by Gasteiger charge is -2.33. The fraction of sp³-hybridized carbons (Fsp3) is 0.609. The first-order valence-electron chi connectivity index (χ1n) is 11.0. The Kier molecular flexibility index (Phi) is 7.11. The van der Waals surface area contributed by atoms with Crippen LogP contribution in [0.1, 0.15) is 24.8 Å². The van der Waals surface area contributed by atoms with Crippen molar-refractivity contribution in [2.75, 3.05) is 52.9 Å². The summed E-state index contributed by atoms with van der Waals surface area (Å²) in [6.07, 6.45) is 8.28. The molecule has 6 heteroatoms. The number of piperidine rings is 1. The van der Waals surface area contributed by atoms with Gasteiger partial charge in [-0.2, -0.15) is 0 Å². The van der Waals surface area contributed by atoms with E-state index in [1.807, 2.05) is 19.2 Å². The van der Waals surface area contributed by atoms with Crippen molar-refractivity contribution in [1.82, 2.24) is 20.0 Å². The van der Waals surface area contributed by atoms with E-state index in [1.54, 1.807) is 0 Å². The Morgan fingerprint density at radius 2 is 1.86 bits per heavy atom. The van der Waals surface area contributed by atoms with Gasteiger partial charge in [-0.15, -0.1) is 0 Å². The Bertz CT molecular complexity index is 718. The number of halogens is 1. The predicted molar refractivity (Wildman–Crippen MR) is 122 cm³/mol. The summed E-state index contributed by atoms with van der Waals surface area (Å²) in [6.45, 7) is 8.69. The molecule has 0 spiro atoms. The minimum Gasteiger partial charge on any atom is -0.356 e. The van der Waals surface area contributed by atoms with Gasteiger partial charge in [0.2, 0.25) is 0 Å². The third-order valence-corrected chi connectivity index (χ3v) is 7.01. The van der Waals surface area contributed by atoms with Gasteiger partial charge in [-0.05, 0) is 49.9 Å². The van der Waals surface area contributed by atoms with Crippen molar-refractivity contribution in [2.24, 2.45) is 10.9 Å². The highest BCUT2D eigenvalue weighted by Crippen LogP contribution is 2.22. The molecule has 2 saturated heterocycles. The summed E-state index contributed by atoms with van der Waals surface area (Å²) in [6, 6.07) is 8.87. The Hall–Kier alpha value is -1.56. The third-order valence-electron chi connectivity index (χ3n) is 6.65. The standard InChI is InChI=1S/C23H34ClN5/c1-25-23(29-15-10-21(18-29)28-11-4-5-12-28)26-16-19-8-13-27(14-9-19)17-20-6-2-3-7-22(20)24/h2-7,19,21H,8-18H2,1H3,(H,25,26). The van der Waals surface area contributed by atoms with E-state index in [2.05, 4.69) is 49.3 Å². The van der Waals surface area contributed by atoms with E-state index in [9.17, 15) is 0 Å². The Morgan fingerprint density at radius 3 is 2.59 bits per heavy atom. The van der Waals surface area contributed by atoms with Gasteiger partial charge in [0.15, 0.2) is 5.96 Å². The van der Waals surface area contributed by atoms with Gasteiger partial charge in [0.1, 0.15) is 0 Å². The van der Waals surface area contributed by atoms with E-state index in [-0.39, 0.29) is 0 Å². The summed E-state index contributed by atoms with van der Waals surface area (Å²) in [7, 11) is 1.92. The highest BCUT2D eigenvalue weighted by atomic mass is 35.5. The zero-order chi connectivity index (χ0) is 20.1. The Labute approximate surface area is 180 Å². The van der Waals surface area contributed by atoms with Gasteiger partial charge < -0.3 is 10.2 Å². The summed E-state index contributed by atoms with van der Waals surface area (Å²) in [5.74, 6) is 1.80. The van der Waals surface area contributed by atoms with Crippen LogP contribution < -0.4 is 5.32 Å². The maximum absolute atomic E-state index is 6.33. The molecule has 1 aromatic rings. The van der Waals surface area contributed by atoms with Crippen molar-refractivity contribution < 1.29 is 0 Å². The molecule has 158 valence electrons. The van der Waals surface area contributed by atoms with Crippen LogP contribution in [-0.2, 0) is 6.54 Å². The topological polar surface area (TPSA) is 34.1 Å². The lowest BCUT2D eigenvalue weighted by molar-refractivity contribution is 0.177. The number of hydrogen-bond acceptors (Lipinski definition) is 3. The van der Waals surface area contributed by atoms with Crippen LogP contribution in [0.25, 0.3) is 0 Å². The molecule has 29 heavy (non-hydrogen) atoms. The monoisotopic (exact) mass is 415 g/mol. The molecule has 0 aliphatic carbocycles. The molecule has 0 radical (unpaired) electrons. The van der Waals surface area contributed by atoms with Crippen LogP contribution in [-0.4, -0.2) is 79.6 Å². The van der Waals surface area contributed by atoms with Gasteiger partial charge in [0, 0.05) is 57.4 Å². The lowest BCUT2D eigenvalue weighted by atomic mass is 9.96. The summed E-state index contributed by atoms with van der Waals surface area (Å²) < 4.78 is 0. The quantitative estimate of drug-likeness (QED) is 0.455. The van der Waals surface area contributed by atoms with Gasteiger partial charge in [-0.1, -0.05) is 42.0 Å². The highest BCUT2D eigenvalue weighted by Gasteiger charge is 2.30. The van der Waals surface area contributed by atoms with E-state index >= 15 is 0 Å². The Balaban J connectivity index is 1.19. The summed E-state index contributed by atoms with van der Waals surface area (Å²) in [4.78, 5) is 12.1. The van der Waals surface area contributed by atoms with E-state index in [4.69, 9.17) is 11.6 Å². The first-order valence-corrected chi connectivity index (χ1v) is 11.4. The van der Waals surface area contributed by atoms with Crippen molar-refractivity contribution in [1.29, 1.82) is 0 Å². The number of guanidine groups is 1. The normalized spacial score (nSPS) is 24.6. The number of rotatable bonds is 5. The average Bonchev–Trinajstić information content (AvgIpc) is 3.43. The maximum Gasteiger partial charge on any atom is 0.193 e. The fourth-order valence-electron chi connectivity index (χ4n) is 4.81. The van der Waals surface area contributed by atoms with Crippen molar-refractivity contribution in [3.8, 4) is 0 Å². The average molecular weight is 416 g/mol. The summed E-state index contributed by atoms with van der Waals surface area (Å²) in [5.41, 5.74) is 1.24. The SMILES string of the molecule is CN=C(NCC1CCN(Cc2ccccc2Cl)CC1)N1CCC(N2CC=CC2)C1. The van der Waals surface area contributed by atoms with Crippen LogP contribution in [0.5, 0.6) is 0 Å². The van der Waals surface area contributed by atoms with Crippen LogP contribution in [0.2, 0.25) is 5.02 Å². The zero-order valence-electron chi connectivity index (χ0n) is 17.6. The molecule has 5 nitrogen and oxygen atoms in total. The first kappa shape index (κ1) is 20.7. The molecular weight excluding hydrogens is 382 g/mol. The number of benzene rings is 1. The van der Waals surface area contributed by atoms with Gasteiger partial charge in [0.25, 0.3) is 0 Å². The molecular formula is C23H34ClN5. The second-order valence-corrected chi connectivity index (χ2v) is 8.96. The van der Waals surface area contributed by atoms with Crippen LogP contribution >= 0.6 is 11.6 Å². The van der Waals surface area contributed by atoms with Gasteiger partial charge in [-0.3, -0.25) is 14.8 Å². The summed E-state index contributed by atoms with van der Waals surface area (Å²) >= 11 is 6.33. The van der Waals surface area contributed by atoms with Crippen molar-refractivity contribution in [3.63, 3.8) is 0 Å². The number of nitrogens with zero attached hydrogens (tertiary/aromatic N) is 4. The second-order valence-electron chi connectivity index (χ2n) is 8.55. The number of likely N-dealkylation sites (tertiary alicyclic amines) is 2. The van der Waals surface area contributed by atoms with E-state index in [1.165, 1.54) is 24.8 Å². The van der Waals surface area contributed by atoms with Gasteiger partial charge >= 0.3 is 0 Å². The molecule has 0 aromatic heterocycles. The Morgan fingerprint density at radius 1 is 1.10 bits per heavy atom. The minimum absolute atomic E-state index is 0.664. The molecule has 0 bridgehead atoms. The van der Waals surface area contributed by atoms with E-state index < -0.39 is 0 Å². The molecule has 3 aliphatic rings. The van der Waals surface area contributed by atoms with Crippen LogP contribution in [0.3, 0.4) is 0 Å². The van der Waals surface area contributed by atoms with Crippen LogP contribution in [0.15, 0.2) is 41.4 Å². The second kappa shape index (κ2) is 9.96. The molecule has 0 amide bonds. The first-order chi connectivity index (χ1) is 14.2. The highest BCUT2D eigenvalue weighted by molar-refractivity contribution is 6.31. The number of hydrogen-bond donors (Lipinski definition) is 1. The van der Waals surface area contributed by atoms with Crippen molar-refractivity contribution in [2.45, 2.75) is 31.8 Å². The fourth-order valence-corrected chi connectivity index (χ4v) is 5.00. The molecule has 3 aliphatic heterocycles. The predicted octanol–water partition coefficient (Wildman–Crippen LogP) is 3.07. The zero-order valence-corrected chi connectivity index (χ0v) is 18.3. The summed E-state index contributed by atoms with van der Waals surface area (Å²) in [5, 5.41) is 4.55. The van der Waals surface area contributed by atoms with Crippen LogP contribution in [0, 0.1) is 5.92 Å². The van der Waals surface area contributed by atoms with E-state index in [0.717, 1.165) is 69.3 Å². The van der Waals surface area contributed by atoms with E-state index in [0.29, 0.717) is 6.04 Å². The molecule has 1 atom stereocenters. The van der Waals surface area contributed by atoms with Gasteiger partial charge in [0.05, 0.1) is 0 Å². The maximum atomic E-state index is 6.33. The van der Waals surface area contributed by atoms with Gasteiger partial charge in [-0.25, -0.2) is 0 Å². The smallest absolute Gasteiger partial charge is 0.193 e. The largest absolute Gasteiger partial charge is 0.356 e. The lowest BCUT2D eigenvalue weighted by Crippen LogP contribution is -2.45.